The first-order valence-corrected chi connectivity index (χ1v) is 14.1. The molecule has 5 aromatic rings. The third kappa shape index (κ3) is 5.41. The summed E-state index contributed by atoms with van der Waals surface area (Å²) in [5.74, 6) is -1.10. The number of nitrogens with zero attached hydrogens (tertiary/aromatic N) is 4. The number of hydrogen-bond acceptors (Lipinski definition) is 8. The highest BCUT2D eigenvalue weighted by molar-refractivity contribution is 7.93. The van der Waals surface area contributed by atoms with Crippen LogP contribution in [0, 0.1) is 11.6 Å². The third-order valence-electron chi connectivity index (χ3n) is 5.37. The summed E-state index contributed by atoms with van der Waals surface area (Å²) in [6.07, 6.45) is 2.82. The summed E-state index contributed by atoms with van der Waals surface area (Å²) in [5.41, 5.74) is 0.417. The summed E-state index contributed by atoms with van der Waals surface area (Å²) in [5, 5.41) is 2.90. The van der Waals surface area contributed by atoms with Crippen LogP contribution in [0.5, 0.6) is 0 Å². The van der Waals surface area contributed by atoms with Crippen LogP contribution >= 0.6 is 34.5 Å². The van der Waals surface area contributed by atoms with Crippen molar-refractivity contribution in [3.8, 4) is 32.5 Å². The molecule has 0 atom stereocenters. The number of benzene rings is 2. The maximum atomic E-state index is 16.0. The molecule has 8 nitrogen and oxygen atoms in total. The molecule has 0 radical (unpaired) electrons. The second kappa shape index (κ2) is 10.8. The van der Waals surface area contributed by atoms with Gasteiger partial charge in [-0.05, 0) is 36.4 Å². The van der Waals surface area contributed by atoms with E-state index in [0.29, 0.717) is 21.5 Å². The van der Waals surface area contributed by atoms with E-state index >= 15 is 4.39 Å². The molecule has 0 saturated carbocycles. The Kier molecular flexibility index (Phi) is 7.45. The van der Waals surface area contributed by atoms with Gasteiger partial charge in [0.1, 0.15) is 21.4 Å². The highest BCUT2D eigenvalue weighted by Gasteiger charge is 2.26. The van der Waals surface area contributed by atoms with Crippen molar-refractivity contribution >= 4 is 56.2 Å². The molecule has 0 amide bonds. The van der Waals surface area contributed by atoms with E-state index in [1.807, 2.05) is 0 Å². The van der Waals surface area contributed by atoms with E-state index in [9.17, 15) is 12.8 Å². The molecule has 2 aromatic carbocycles. The van der Waals surface area contributed by atoms with Gasteiger partial charge in [-0.25, -0.2) is 32.2 Å². The summed E-state index contributed by atoms with van der Waals surface area (Å²) in [4.78, 5) is 17.3. The van der Waals surface area contributed by atoms with Gasteiger partial charge in [0.25, 0.3) is 10.0 Å². The first-order chi connectivity index (χ1) is 18.7. The molecular weight excluding hydrogens is 589 g/mol. The van der Waals surface area contributed by atoms with Gasteiger partial charge in [-0.1, -0.05) is 35.3 Å². The van der Waals surface area contributed by atoms with Crippen molar-refractivity contribution in [3.63, 3.8) is 0 Å². The quantitative estimate of drug-likeness (QED) is 0.211. The van der Waals surface area contributed by atoms with Crippen LogP contribution in [0.15, 0.2) is 71.9 Å². The van der Waals surface area contributed by atoms with E-state index in [4.69, 9.17) is 23.2 Å². The SMILES string of the molecule is CNc1nccc(-c2sc(-c3cc(F)ccn3)nc2-c2cccc(NS(=O)(=O)c3c(Cl)cccc3Cl)c2F)n1. The summed E-state index contributed by atoms with van der Waals surface area (Å²) in [6.45, 7) is 0. The minimum absolute atomic E-state index is 0.0287. The Morgan fingerprint density at radius 2 is 1.62 bits per heavy atom. The number of anilines is 2. The smallest absolute Gasteiger partial charge is 0.264 e. The molecule has 0 unspecified atom stereocenters. The second-order valence-corrected chi connectivity index (χ2v) is 11.3. The molecule has 0 saturated heterocycles. The number of nitrogens with one attached hydrogen (secondary N) is 2. The van der Waals surface area contributed by atoms with Crippen molar-refractivity contribution in [1.82, 2.24) is 19.9 Å². The van der Waals surface area contributed by atoms with Crippen molar-refractivity contribution < 1.29 is 17.2 Å². The zero-order chi connectivity index (χ0) is 27.7. The van der Waals surface area contributed by atoms with Crippen LogP contribution < -0.4 is 10.0 Å². The maximum absolute atomic E-state index is 16.0. The van der Waals surface area contributed by atoms with Crippen LogP contribution in [0.1, 0.15) is 0 Å². The molecule has 0 bridgehead atoms. The number of halogens is 4. The van der Waals surface area contributed by atoms with Crippen molar-refractivity contribution in [2.45, 2.75) is 4.90 Å². The second-order valence-electron chi connectivity index (χ2n) is 7.89. The Morgan fingerprint density at radius 1 is 0.897 bits per heavy atom. The normalized spacial score (nSPS) is 11.4. The molecule has 0 spiro atoms. The zero-order valence-corrected chi connectivity index (χ0v) is 22.9. The Hall–Kier alpha value is -3.71. The maximum Gasteiger partial charge on any atom is 0.264 e. The first kappa shape index (κ1) is 26.9. The van der Waals surface area contributed by atoms with Crippen LogP contribution in [-0.4, -0.2) is 35.4 Å². The van der Waals surface area contributed by atoms with E-state index in [2.05, 4.69) is 30.0 Å². The number of aromatic nitrogens is 4. The Morgan fingerprint density at radius 3 is 2.33 bits per heavy atom. The molecule has 3 aromatic heterocycles. The summed E-state index contributed by atoms with van der Waals surface area (Å²) >= 11 is 13.3. The first-order valence-electron chi connectivity index (χ1n) is 11.1. The molecule has 0 aliphatic rings. The molecule has 39 heavy (non-hydrogen) atoms. The fourth-order valence-corrected chi connectivity index (χ4v) is 6.86. The largest absolute Gasteiger partial charge is 0.357 e. The summed E-state index contributed by atoms with van der Waals surface area (Å²) < 4.78 is 58.3. The highest BCUT2D eigenvalue weighted by Crippen LogP contribution is 2.42. The predicted molar refractivity (Wildman–Crippen MR) is 149 cm³/mol. The minimum Gasteiger partial charge on any atom is -0.357 e. The number of hydrogen-bond donors (Lipinski definition) is 2. The Labute approximate surface area is 235 Å². The third-order valence-corrected chi connectivity index (χ3v) is 8.79. The van der Waals surface area contributed by atoms with Gasteiger partial charge in [0, 0.05) is 31.1 Å². The molecular formula is C25H16Cl2F2N6O2S2. The molecule has 0 fully saturated rings. The topological polar surface area (TPSA) is 110 Å². The van der Waals surface area contributed by atoms with E-state index in [-0.39, 0.29) is 37.6 Å². The lowest BCUT2D eigenvalue weighted by Gasteiger charge is -2.13. The van der Waals surface area contributed by atoms with Gasteiger partial charge in [-0.2, -0.15) is 0 Å². The van der Waals surface area contributed by atoms with Crippen LogP contribution in [0.4, 0.5) is 20.4 Å². The average molecular weight is 605 g/mol. The summed E-state index contributed by atoms with van der Waals surface area (Å²) in [7, 11) is -2.71. The van der Waals surface area contributed by atoms with Crippen molar-refractivity contribution in [3.05, 3.63) is 88.7 Å². The molecule has 2 N–H and O–H groups in total. The summed E-state index contributed by atoms with van der Waals surface area (Å²) in [6, 6.07) is 12.4. The van der Waals surface area contributed by atoms with E-state index in [1.165, 1.54) is 60.9 Å². The average Bonchev–Trinajstić information content (AvgIpc) is 3.35. The van der Waals surface area contributed by atoms with Gasteiger partial charge in [-0.15, -0.1) is 11.3 Å². The van der Waals surface area contributed by atoms with Crippen molar-refractivity contribution in [2.24, 2.45) is 0 Å². The fraction of sp³-hybridized carbons (Fsp3) is 0.0400. The van der Waals surface area contributed by atoms with Crippen molar-refractivity contribution in [1.29, 1.82) is 0 Å². The molecule has 14 heteroatoms. The lowest BCUT2D eigenvalue weighted by atomic mass is 10.1. The number of pyridine rings is 1. The van der Waals surface area contributed by atoms with Crippen LogP contribution in [-0.2, 0) is 10.0 Å². The lowest BCUT2D eigenvalue weighted by molar-refractivity contribution is 0.599. The zero-order valence-electron chi connectivity index (χ0n) is 19.8. The Bertz CT molecular complexity index is 1800. The van der Waals surface area contributed by atoms with Crippen LogP contribution in [0.25, 0.3) is 32.5 Å². The lowest BCUT2D eigenvalue weighted by Crippen LogP contribution is -2.15. The molecule has 3 heterocycles. The number of sulfonamides is 1. The standard InChI is InChI=1S/C25H16Cl2F2N6O2S2/c1-30-25-32-11-9-18(33-25)22-21(34-24(38-22)19-12-13(28)8-10-31-19)14-4-2-7-17(20(14)29)35-39(36,37)23-15(26)5-3-6-16(23)27/h2-12,35H,1H3,(H,30,32,33). The van der Waals surface area contributed by atoms with Gasteiger partial charge in [0.05, 0.1) is 32.0 Å². The van der Waals surface area contributed by atoms with E-state index in [1.54, 1.807) is 13.1 Å². The fourth-order valence-electron chi connectivity index (χ4n) is 3.64. The van der Waals surface area contributed by atoms with Gasteiger partial charge in [0.15, 0.2) is 5.82 Å². The monoisotopic (exact) mass is 604 g/mol. The van der Waals surface area contributed by atoms with Gasteiger partial charge < -0.3 is 5.32 Å². The minimum atomic E-state index is -4.36. The van der Waals surface area contributed by atoms with Gasteiger partial charge in [-0.3, -0.25) is 9.71 Å². The van der Waals surface area contributed by atoms with Gasteiger partial charge >= 0.3 is 0 Å². The van der Waals surface area contributed by atoms with Crippen molar-refractivity contribution in [2.75, 3.05) is 17.1 Å². The van der Waals surface area contributed by atoms with E-state index in [0.717, 1.165) is 11.3 Å². The molecule has 0 aliphatic heterocycles. The molecule has 0 aliphatic carbocycles. The van der Waals surface area contributed by atoms with E-state index < -0.39 is 21.7 Å². The van der Waals surface area contributed by atoms with Crippen LogP contribution in [0.3, 0.4) is 0 Å². The molecule has 5 rings (SSSR count). The Balaban J connectivity index is 1.65. The number of thiazole rings is 1. The molecule has 198 valence electrons. The van der Waals surface area contributed by atoms with Crippen LogP contribution in [0.2, 0.25) is 10.0 Å². The number of rotatable bonds is 7. The highest BCUT2D eigenvalue weighted by atomic mass is 35.5. The van der Waals surface area contributed by atoms with Gasteiger partial charge in [0.2, 0.25) is 5.95 Å². The predicted octanol–water partition coefficient (Wildman–Crippen LogP) is 6.76.